The van der Waals surface area contributed by atoms with Gasteiger partial charge in [-0.1, -0.05) is 23.2 Å². The summed E-state index contributed by atoms with van der Waals surface area (Å²) in [6.45, 7) is -0.366. The Bertz CT molecular complexity index is 496. The largest absolute Gasteiger partial charge is 0.479 e. The van der Waals surface area contributed by atoms with Gasteiger partial charge in [-0.3, -0.25) is 4.79 Å². The Kier molecular flexibility index (Phi) is 5.82. The van der Waals surface area contributed by atoms with Gasteiger partial charge in [-0.15, -0.1) is 0 Å². The summed E-state index contributed by atoms with van der Waals surface area (Å²) in [5, 5.41) is 20.5. The molecule has 7 heteroatoms. The van der Waals surface area contributed by atoms with Crippen molar-refractivity contribution in [1.82, 2.24) is 5.32 Å². The van der Waals surface area contributed by atoms with E-state index < -0.39 is 18.0 Å². The number of carboxylic acids is 1. The molecule has 1 rings (SSSR count). The Morgan fingerprint density at radius 2 is 1.84 bits per heavy atom. The highest BCUT2D eigenvalue weighted by Gasteiger charge is 2.12. The molecular weight excluding hydrogens is 293 g/mol. The first-order chi connectivity index (χ1) is 8.88. The lowest BCUT2D eigenvalue weighted by molar-refractivity contribution is -0.146. The second-order valence-corrected chi connectivity index (χ2v) is 4.51. The van der Waals surface area contributed by atoms with Gasteiger partial charge in [-0.05, 0) is 29.8 Å². The highest BCUT2D eigenvalue weighted by Crippen LogP contribution is 2.19. The van der Waals surface area contributed by atoms with E-state index in [9.17, 15) is 9.59 Å². The molecule has 0 spiro atoms. The Morgan fingerprint density at radius 3 is 2.37 bits per heavy atom. The molecule has 0 heterocycles. The predicted octanol–water partition coefficient (Wildman–Crippen LogP) is 1.57. The highest BCUT2D eigenvalue weighted by molar-refractivity contribution is 6.34. The summed E-state index contributed by atoms with van der Waals surface area (Å²) in [5.74, 6) is -1.93. The fourth-order valence-electron chi connectivity index (χ4n) is 1.19. The Balaban J connectivity index is 2.56. The van der Waals surface area contributed by atoms with Crippen LogP contribution in [0.1, 0.15) is 5.56 Å². The molecule has 0 aliphatic carbocycles. The van der Waals surface area contributed by atoms with Crippen molar-refractivity contribution >= 4 is 41.2 Å². The molecule has 1 unspecified atom stereocenters. The first-order valence-corrected chi connectivity index (χ1v) is 5.97. The average molecular weight is 304 g/mol. The van der Waals surface area contributed by atoms with Gasteiger partial charge in [0.1, 0.15) is 0 Å². The zero-order valence-corrected chi connectivity index (χ0v) is 11.1. The Morgan fingerprint density at radius 1 is 1.26 bits per heavy atom. The number of benzene rings is 1. The first-order valence-electron chi connectivity index (χ1n) is 5.21. The third-order valence-electron chi connectivity index (χ3n) is 2.07. The van der Waals surface area contributed by atoms with Gasteiger partial charge in [0.2, 0.25) is 5.91 Å². The highest BCUT2D eigenvalue weighted by atomic mass is 35.5. The van der Waals surface area contributed by atoms with Crippen LogP contribution in [0.3, 0.4) is 0 Å². The number of hydrogen-bond donors (Lipinski definition) is 3. The molecule has 5 nitrogen and oxygen atoms in total. The maximum absolute atomic E-state index is 11.3. The number of aliphatic hydroxyl groups excluding tert-OH is 1. The molecule has 0 saturated carbocycles. The summed E-state index contributed by atoms with van der Waals surface area (Å²) in [6.07, 6.45) is 1.04. The van der Waals surface area contributed by atoms with Gasteiger partial charge in [0.25, 0.3) is 0 Å². The minimum Gasteiger partial charge on any atom is -0.479 e. The summed E-state index contributed by atoms with van der Waals surface area (Å²) in [4.78, 5) is 21.7. The summed E-state index contributed by atoms with van der Waals surface area (Å²) in [7, 11) is 0. The van der Waals surface area contributed by atoms with Crippen molar-refractivity contribution in [2.24, 2.45) is 0 Å². The number of nitrogens with one attached hydrogen (secondary N) is 1. The normalized spacial score (nSPS) is 12.4. The minimum absolute atomic E-state index is 0.366. The molecule has 3 N–H and O–H groups in total. The topological polar surface area (TPSA) is 86.6 Å². The number of rotatable bonds is 5. The molecule has 0 aliphatic rings. The molecular formula is C12H11Cl2NO4. The molecule has 0 fully saturated rings. The molecule has 1 aromatic rings. The molecule has 0 bridgehead atoms. The number of halogens is 2. The summed E-state index contributed by atoms with van der Waals surface area (Å²) < 4.78 is 0. The van der Waals surface area contributed by atoms with Gasteiger partial charge in [0.05, 0.1) is 6.54 Å². The standard InChI is InChI=1S/C12H11Cl2NO4/c13-8-3-7(4-9(14)5-8)1-2-11(17)15-6-10(16)12(18)19/h1-5,10,16H,6H2,(H,15,17)(H,18,19). The smallest absolute Gasteiger partial charge is 0.334 e. The van der Waals surface area contributed by atoms with Crippen LogP contribution < -0.4 is 5.32 Å². The second-order valence-electron chi connectivity index (χ2n) is 3.64. The van der Waals surface area contributed by atoms with Crippen LogP contribution in [0.2, 0.25) is 10.0 Å². The zero-order valence-electron chi connectivity index (χ0n) is 9.64. The molecule has 19 heavy (non-hydrogen) atoms. The second kappa shape index (κ2) is 7.13. The number of amides is 1. The SMILES string of the molecule is O=C(C=Cc1cc(Cl)cc(Cl)c1)NCC(O)C(=O)O. The van der Waals surface area contributed by atoms with Crippen molar-refractivity contribution in [3.05, 3.63) is 39.9 Å². The zero-order chi connectivity index (χ0) is 14.4. The van der Waals surface area contributed by atoms with Crippen molar-refractivity contribution in [2.45, 2.75) is 6.10 Å². The van der Waals surface area contributed by atoms with E-state index in [1.165, 1.54) is 12.2 Å². The van der Waals surface area contributed by atoms with Crippen molar-refractivity contribution in [1.29, 1.82) is 0 Å². The summed E-state index contributed by atoms with van der Waals surface area (Å²) in [6, 6.07) is 4.79. The molecule has 1 amide bonds. The monoisotopic (exact) mass is 303 g/mol. The van der Waals surface area contributed by atoms with Gasteiger partial charge in [0, 0.05) is 16.1 Å². The van der Waals surface area contributed by atoms with E-state index in [0.717, 1.165) is 0 Å². The van der Waals surface area contributed by atoms with E-state index in [2.05, 4.69) is 5.32 Å². The quantitative estimate of drug-likeness (QED) is 0.721. The van der Waals surface area contributed by atoms with Crippen LogP contribution in [-0.4, -0.2) is 34.7 Å². The molecule has 102 valence electrons. The average Bonchev–Trinajstić information content (AvgIpc) is 2.32. The lowest BCUT2D eigenvalue weighted by Crippen LogP contribution is -2.35. The summed E-state index contributed by atoms with van der Waals surface area (Å²) >= 11 is 11.6. The van der Waals surface area contributed by atoms with Crippen molar-refractivity contribution in [3.8, 4) is 0 Å². The van der Waals surface area contributed by atoms with E-state index in [4.69, 9.17) is 33.4 Å². The van der Waals surface area contributed by atoms with Gasteiger partial charge in [-0.2, -0.15) is 0 Å². The van der Waals surface area contributed by atoms with E-state index >= 15 is 0 Å². The van der Waals surface area contributed by atoms with Crippen LogP contribution in [-0.2, 0) is 9.59 Å². The summed E-state index contributed by atoms with van der Waals surface area (Å²) in [5.41, 5.74) is 0.631. The molecule has 0 saturated heterocycles. The fraction of sp³-hybridized carbons (Fsp3) is 0.167. The van der Waals surface area contributed by atoms with Gasteiger partial charge in [0.15, 0.2) is 6.10 Å². The van der Waals surface area contributed by atoms with E-state index in [0.29, 0.717) is 15.6 Å². The third-order valence-corrected chi connectivity index (χ3v) is 2.50. The third kappa shape index (κ3) is 5.74. The van der Waals surface area contributed by atoms with Crippen molar-refractivity contribution < 1.29 is 19.8 Å². The maximum atomic E-state index is 11.3. The van der Waals surface area contributed by atoms with Crippen LogP contribution in [0.5, 0.6) is 0 Å². The van der Waals surface area contributed by atoms with Gasteiger partial charge < -0.3 is 15.5 Å². The molecule has 1 aromatic carbocycles. The lowest BCUT2D eigenvalue weighted by Gasteiger charge is -2.05. The van der Waals surface area contributed by atoms with E-state index in [1.807, 2.05) is 0 Å². The fourth-order valence-corrected chi connectivity index (χ4v) is 1.73. The first kappa shape index (κ1) is 15.5. The number of aliphatic hydroxyl groups is 1. The van der Waals surface area contributed by atoms with Crippen molar-refractivity contribution in [3.63, 3.8) is 0 Å². The van der Waals surface area contributed by atoms with Crippen LogP contribution in [0.25, 0.3) is 6.08 Å². The number of carbonyl (C=O) groups is 2. The Labute approximate surface area is 119 Å². The number of carbonyl (C=O) groups excluding carboxylic acids is 1. The van der Waals surface area contributed by atoms with Gasteiger partial charge >= 0.3 is 5.97 Å². The van der Waals surface area contributed by atoms with Crippen LogP contribution in [0.15, 0.2) is 24.3 Å². The minimum atomic E-state index is -1.63. The Hall–Kier alpha value is -1.56. The number of aliphatic carboxylic acids is 1. The molecule has 0 radical (unpaired) electrons. The van der Waals surface area contributed by atoms with Gasteiger partial charge in [-0.25, -0.2) is 4.79 Å². The molecule has 1 atom stereocenters. The maximum Gasteiger partial charge on any atom is 0.334 e. The van der Waals surface area contributed by atoms with E-state index in [1.54, 1.807) is 18.2 Å². The molecule has 0 aliphatic heterocycles. The molecule has 0 aromatic heterocycles. The lowest BCUT2D eigenvalue weighted by atomic mass is 10.2. The van der Waals surface area contributed by atoms with Crippen LogP contribution in [0.4, 0.5) is 0 Å². The van der Waals surface area contributed by atoms with Crippen molar-refractivity contribution in [2.75, 3.05) is 6.54 Å². The number of hydrogen-bond acceptors (Lipinski definition) is 3. The van der Waals surface area contributed by atoms with Crippen LogP contribution >= 0.6 is 23.2 Å². The predicted molar refractivity (Wildman–Crippen MR) is 72.1 cm³/mol. The number of carboxylic acid groups (broad SMARTS) is 1. The van der Waals surface area contributed by atoms with E-state index in [-0.39, 0.29) is 6.54 Å². The van der Waals surface area contributed by atoms with Crippen LogP contribution in [0, 0.1) is 0 Å².